The number of thioether (sulfide) groups is 1. The van der Waals surface area contributed by atoms with Gasteiger partial charge in [-0.05, 0) is 12.5 Å². The third kappa shape index (κ3) is 3.85. The number of carboxylic acid groups (broad SMARTS) is 1. The lowest BCUT2D eigenvalue weighted by Gasteiger charge is -2.46. The lowest BCUT2D eigenvalue weighted by Crippen LogP contribution is -2.63. The smallest absolute Gasteiger partial charge is 0.353 e. The highest BCUT2D eigenvalue weighted by Crippen LogP contribution is 2.52. The van der Waals surface area contributed by atoms with Gasteiger partial charge in [-0.3, -0.25) is 4.79 Å². The lowest BCUT2D eigenvalue weighted by molar-refractivity contribution is -0.671. The van der Waals surface area contributed by atoms with E-state index in [0.29, 0.717) is 4.91 Å². The minimum Gasteiger partial charge on any atom is -0.477 e. The molecular weight excluding hydrogens is 472 g/mol. The van der Waals surface area contributed by atoms with Crippen molar-refractivity contribution < 1.29 is 24.4 Å². The third-order valence-corrected chi connectivity index (χ3v) is 8.65. The summed E-state index contributed by atoms with van der Waals surface area (Å²) in [6, 6.07) is 7.92. The zero-order valence-electron chi connectivity index (χ0n) is 19.0. The quantitative estimate of drug-likeness (QED) is 0.385. The standard InChI is InChI=1S/C24H24N4O4S2/c1-13-19-18(14(2)29)22(30)28(19)20(23(31)32)21(13)34-24-25-17(11-33-24)16-6-4-15(5-7-16)10-27-9-8-26(3)12-27/h4-9,11-14,18-19,29H,10H2,1-3H3/p+1/t13-,14-,18-,19-/m1/s1. The minimum absolute atomic E-state index is 0.0175. The fourth-order valence-electron chi connectivity index (χ4n) is 4.77. The summed E-state index contributed by atoms with van der Waals surface area (Å²) < 4.78 is 4.84. The molecule has 2 aliphatic heterocycles. The van der Waals surface area contributed by atoms with Gasteiger partial charge < -0.3 is 15.1 Å². The molecule has 4 atom stereocenters. The van der Waals surface area contributed by atoms with Crippen LogP contribution in [0.25, 0.3) is 11.3 Å². The molecule has 0 aliphatic carbocycles. The Morgan fingerprint density at radius 1 is 1.32 bits per heavy atom. The molecule has 176 valence electrons. The average Bonchev–Trinajstić information content (AvgIpc) is 3.47. The Bertz CT molecular complexity index is 1290. The van der Waals surface area contributed by atoms with E-state index in [0.717, 1.165) is 22.1 Å². The van der Waals surface area contributed by atoms with Crippen molar-refractivity contribution in [2.75, 3.05) is 0 Å². The van der Waals surface area contributed by atoms with Crippen LogP contribution in [0.1, 0.15) is 19.4 Å². The first-order valence-corrected chi connectivity index (χ1v) is 12.7. The number of imidazole rings is 1. The number of thiazole rings is 1. The van der Waals surface area contributed by atoms with Crippen molar-refractivity contribution in [1.82, 2.24) is 14.5 Å². The number of hydrogen-bond donors (Lipinski definition) is 2. The van der Waals surface area contributed by atoms with Gasteiger partial charge in [0.25, 0.3) is 0 Å². The first kappa shape index (κ1) is 22.8. The molecule has 0 radical (unpaired) electrons. The zero-order chi connectivity index (χ0) is 24.1. The molecule has 4 heterocycles. The first-order chi connectivity index (χ1) is 16.2. The Morgan fingerprint density at radius 2 is 2.06 bits per heavy atom. The van der Waals surface area contributed by atoms with Crippen molar-refractivity contribution in [2.24, 2.45) is 18.9 Å². The Kier molecular flexibility index (Phi) is 5.83. The molecule has 2 aromatic heterocycles. The summed E-state index contributed by atoms with van der Waals surface area (Å²) in [5.41, 5.74) is 3.02. The van der Waals surface area contributed by atoms with Crippen molar-refractivity contribution in [3.63, 3.8) is 0 Å². The second-order valence-electron chi connectivity index (χ2n) is 8.82. The fraction of sp³-hybridized carbons (Fsp3) is 0.333. The summed E-state index contributed by atoms with van der Waals surface area (Å²) in [4.78, 5) is 31.2. The topological polar surface area (TPSA) is 99.5 Å². The number of benzene rings is 1. The van der Waals surface area contributed by atoms with Gasteiger partial charge >= 0.3 is 5.97 Å². The van der Waals surface area contributed by atoms with Crippen LogP contribution in [0.15, 0.2) is 63.3 Å². The van der Waals surface area contributed by atoms with E-state index >= 15 is 0 Å². The van der Waals surface area contributed by atoms with Crippen molar-refractivity contribution in [1.29, 1.82) is 0 Å². The number of aliphatic hydroxyl groups is 1. The number of carbonyl (C=O) groups excluding carboxylic acids is 1. The van der Waals surface area contributed by atoms with Gasteiger partial charge in [0.15, 0.2) is 4.34 Å². The molecule has 1 saturated heterocycles. The van der Waals surface area contributed by atoms with Crippen LogP contribution in [0.2, 0.25) is 0 Å². The molecule has 2 N–H and O–H groups in total. The Balaban J connectivity index is 1.34. The zero-order valence-corrected chi connectivity index (χ0v) is 20.6. The number of carboxylic acids is 1. The fourth-order valence-corrected chi connectivity index (χ4v) is 6.87. The molecule has 0 unspecified atom stereocenters. The number of fused-ring (bicyclic) bond motifs is 1. The first-order valence-electron chi connectivity index (χ1n) is 11.0. The normalized spacial score (nSPS) is 22.6. The van der Waals surface area contributed by atoms with E-state index in [4.69, 9.17) is 4.98 Å². The highest BCUT2D eigenvalue weighted by molar-refractivity contribution is 8.04. The highest BCUT2D eigenvalue weighted by Gasteiger charge is 2.60. The maximum atomic E-state index is 12.5. The summed E-state index contributed by atoms with van der Waals surface area (Å²) in [6.45, 7) is 4.28. The summed E-state index contributed by atoms with van der Waals surface area (Å²) in [5.74, 6) is -2.20. The molecule has 0 spiro atoms. The lowest BCUT2D eigenvalue weighted by atomic mass is 9.79. The third-order valence-electron chi connectivity index (χ3n) is 6.43. The van der Waals surface area contributed by atoms with E-state index in [1.165, 1.54) is 33.6 Å². The molecule has 34 heavy (non-hydrogen) atoms. The molecular formula is C24H25N4O4S2+. The van der Waals surface area contributed by atoms with Crippen LogP contribution < -0.4 is 4.57 Å². The maximum absolute atomic E-state index is 12.5. The molecule has 1 fully saturated rings. The average molecular weight is 498 g/mol. The van der Waals surface area contributed by atoms with Crippen LogP contribution in [-0.2, 0) is 23.2 Å². The van der Waals surface area contributed by atoms with Gasteiger partial charge in [0.1, 0.15) is 24.6 Å². The second-order valence-corrected chi connectivity index (χ2v) is 11.0. The number of amides is 1. The van der Waals surface area contributed by atoms with Gasteiger partial charge in [-0.2, -0.15) is 0 Å². The number of rotatable bonds is 7. The van der Waals surface area contributed by atoms with Crippen molar-refractivity contribution in [3.05, 3.63) is 64.5 Å². The number of β-lactam (4-membered cyclic amide) rings is 1. The van der Waals surface area contributed by atoms with Crippen LogP contribution in [-0.4, -0.2) is 48.7 Å². The van der Waals surface area contributed by atoms with E-state index in [2.05, 4.69) is 16.7 Å². The van der Waals surface area contributed by atoms with Crippen molar-refractivity contribution in [3.8, 4) is 11.3 Å². The second kappa shape index (κ2) is 8.68. The van der Waals surface area contributed by atoms with Crippen molar-refractivity contribution >= 4 is 35.0 Å². The molecule has 1 aromatic carbocycles. The predicted molar refractivity (Wildman–Crippen MR) is 128 cm³/mol. The Labute approximate surface area is 205 Å². The molecule has 1 amide bonds. The molecule has 2 aliphatic rings. The van der Waals surface area contributed by atoms with Gasteiger partial charge in [0.05, 0.1) is 30.8 Å². The van der Waals surface area contributed by atoms with Gasteiger partial charge in [-0.15, -0.1) is 11.3 Å². The van der Waals surface area contributed by atoms with Crippen LogP contribution in [0.4, 0.5) is 0 Å². The predicted octanol–water partition coefficient (Wildman–Crippen LogP) is 2.73. The number of nitrogens with zero attached hydrogens (tertiary/aromatic N) is 4. The number of aliphatic hydroxyl groups excluding tert-OH is 1. The van der Waals surface area contributed by atoms with Gasteiger partial charge in [0, 0.05) is 21.8 Å². The maximum Gasteiger partial charge on any atom is 0.353 e. The number of hydrogen-bond acceptors (Lipinski definition) is 6. The van der Waals surface area contributed by atoms with Crippen LogP contribution in [0.5, 0.6) is 0 Å². The van der Waals surface area contributed by atoms with Crippen LogP contribution in [0, 0.1) is 11.8 Å². The van der Waals surface area contributed by atoms with Crippen molar-refractivity contribution in [2.45, 2.75) is 36.9 Å². The Hall–Kier alpha value is -2.95. The SMILES string of the molecule is C[C@@H](O)[C@H]1C(=O)N2C(C(=O)O)=C(Sc3nc(-c4ccc(Cn5cc[n+](C)c5)cc4)cs3)[C@H](C)[C@H]12. The molecule has 3 aromatic rings. The van der Waals surface area contributed by atoms with E-state index in [1.807, 2.05) is 54.8 Å². The van der Waals surface area contributed by atoms with Crippen LogP contribution in [0.3, 0.4) is 0 Å². The van der Waals surface area contributed by atoms with E-state index < -0.39 is 18.0 Å². The number of aryl methyl sites for hydroxylation is 1. The monoisotopic (exact) mass is 497 g/mol. The van der Waals surface area contributed by atoms with E-state index in [1.54, 1.807) is 6.92 Å². The molecule has 10 heteroatoms. The molecule has 0 bridgehead atoms. The summed E-state index contributed by atoms with van der Waals surface area (Å²) in [5, 5.41) is 21.8. The largest absolute Gasteiger partial charge is 0.477 e. The summed E-state index contributed by atoms with van der Waals surface area (Å²) in [7, 11) is 1.99. The van der Waals surface area contributed by atoms with Crippen LogP contribution >= 0.6 is 23.1 Å². The molecule has 0 saturated carbocycles. The number of aliphatic carboxylic acids is 1. The van der Waals surface area contributed by atoms with Gasteiger partial charge in [-0.1, -0.05) is 43.0 Å². The Morgan fingerprint density at radius 3 is 2.68 bits per heavy atom. The van der Waals surface area contributed by atoms with E-state index in [-0.39, 0.29) is 23.6 Å². The number of carbonyl (C=O) groups is 2. The van der Waals surface area contributed by atoms with Gasteiger partial charge in [0.2, 0.25) is 12.2 Å². The molecule has 8 nitrogen and oxygen atoms in total. The summed E-state index contributed by atoms with van der Waals surface area (Å²) in [6.07, 6.45) is 5.25. The minimum atomic E-state index is -1.13. The molecule has 5 rings (SSSR count). The van der Waals surface area contributed by atoms with Gasteiger partial charge in [-0.25, -0.2) is 18.9 Å². The number of aromatic nitrogens is 3. The summed E-state index contributed by atoms with van der Waals surface area (Å²) >= 11 is 2.76. The highest BCUT2D eigenvalue weighted by atomic mass is 32.2. The van der Waals surface area contributed by atoms with E-state index in [9.17, 15) is 19.8 Å².